The van der Waals surface area contributed by atoms with Crippen LogP contribution in [0.5, 0.6) is 0 Å². The second-order valence-corrected chi connectivity index (χ2v) is 5.83. The SMILES string of the molecule is CC(C)N1CCN(c2nc3ccccc3cc2C=O)CC1. The number of carbonyl (C=O) groups excluding carboxylic acids is 1. The molecule has 0 radical (unpaired) electrons. The summed E-state index contributed by atoms with van der Waals surface area (Å²) in [6, 6.07) is 10.5. The van der Waals surface area contributed by atoms with Crippen LogP contribution < -0.4 is 4.90 Å². The Labute approximate surface area is 125 Å². The molecule has 0 atom stereocenters. The van der Waals surface area contributed by atoms with E-state index in [4.69, 9.17) is 4.98 Å². The van der Waals surface area contributed by atoms with Crippen molar-refractivity contribution in [1.82, 2.24) is 9.88 Å². The summed E-state index contributed by atoms with van der Waals surface area (Å²) in [5.74, 6) is 0.826. The van der Waals surface area contributed by atoms with Crippen LogP contribution in [0.2, 0.25) is 0 Å². The summed E-state index contributed by atoms with van der Waals surface area (Å²) < 4.78 is 0. The topological polar surface area (TPSA) is 36.4 Å². The van der Waals surface area contributed by atoms with Crippen molar-refractivity contribution in [2.75, 3.05) is 31.1 Å². The second-order valence-electron chi connectivity index (χ2n) is 5.83. The van der Waals surface area contributed by atoms with Crippen molar-refractivity contribution in [3.8, 4) is 0 Å². The van der Waals surface area contributed by atoms with Crippen molar-refractivity contribution in [2.45, 2.75) is 19.9 Å². The smallest absolute Gasteiger partial charge is 0.153 e. The fraction of sp³-hybridized carbons (Fsp3) is 0.412. The Bertz CT molecular complexity index is 646. The molecule has 4 nitrogen and oxygen atoms in total. The average molecular weight is 283 g/mol. The van der Waals surface area contributed by atoms with E-state index in [9.17, 15) is 4.79 Å². The molecule has 3 rings (SSSR count). The van der Waals surface area contributed by atoms with Crippen LogP contribution in [0, 0.1) is 0 Å². The zero-order valence-electron chi connectivity index (χ0n) is 12.6. The van der Waals surface area contributed by atoms with Gasteiger partial charge < -0.3 is 4.90 Å². The van der Waals surface area contributed by atoms with Gasteiger partial charge in [-0.15, -0.1) is 0 Å². The molecule has 1 aromatic carbocycles. The Hall–Kier alpha value is -1.94. The van der Waals surface area contributed by atoms with Crippen molar-refractivity contribution in [2.24, 2.45) is 0 Å². The number of fused-ring (bicyclic) bond motifs is 1. The monoisotopic (exact) mass is 283 g/mol. The highest BCUT2D eigenvalue weighted by molar-refractivity contribution is 5.91. The number of anilines is 1. The lowest BCUT2D eigenvalue weighted by Crippen LogP contribution is -2.49. The number of aldehydes is 1. The molecule has 0 N–H and O–H groups in total. The van der Waals surface area contributed by atoms with Gasteiger partial charge in [-0.25, -0.2) is 4.98 Å². The zero-order valence-corrected chi connectivity index (χ0v) is 12.6. The van der Waals surface area contributed by atoms with Gasteiger partial charge in [-0.3, -0.25) is 9.69 Å². The summed E-state index contributed by atoms with van der Waals surface area (Å²) in [5, 5.41) is 1.02. The second kappa shape index (κ2) is 5.82. The highest BCUT2D eigenvalue weighted by Crippen LogP contribution is 2.23. The first-order valence-corrected chi connectivity index (χ1v) is 7.53. The van der Waals surface area contributed by atoms with Gasteiger partial charge in [0.1, 0.15) is 5.82 Å². The number of piperazine rings is 1. The minimum Gasteiger partial charge on any atom is -0.353 e. The molecule has 1 fully saturated rings. The Morgan fingerprint density at radius 2 is 1.86 bits per heavy atom. The van der Waals surface area contributed by atoms with Crippen molar-refractivity contribution in [1.29, 1.82) is 0 Å². The summed E-state index contributed by atoms with van der Waals surface area (Å²) in [6.07, 6.45) is 0.920. The van der Waals surface area contributed by atoms with Gasteiger partial charge in [0.25, 0.3) is 0 Å². The number of para-hydroxylation sites is 1. The number of hydrogen-bond acceptors (Lipinski definition) is 4. The highest BCUT2D eigenvalue weighted by atomic mass is 16.1. The van der Waals surface area contributed by atoms with Crippen LogP contribution in [0.3, 0.4) is 0 Å². The number of hydrogen-bond donors (Lipinski definition) is 0. The van der Waals surface area contributed by atoms with E-state index in [1.165, 1.54) is 0 Å². The lowest BCUT2D eigenvalue weighted by Gasteiger charge is -2.37. The van der Waals surface area contributed by atoms with Gasteiger partial charge in [0.15, 0.2) is 6.29 Å². The van der Waals surface area contributed by atoms with Crippen LogP contribution in [0.4, 0.5) is 5.82 Å². The van der Waals surface area contributed by atoms with E-state index in [0.717, 1.165) is 49.2 Å². The molecule has 0 amide bonds. The molecular formula is C17H21N3O. The van der Waals surface area contributed by atoms with E-state index in [1.807, 2.05) is 30.3 Å². The van der Waals surface area contributed by atoms with Crippen LogP contribution in [0.25, 0.3) is 10.9 Å². The quantitative estimate of drug-likeness (QED) is 0.811. The number of carbonyl (C=O) groups is 1. The van der Waals surface area contributed by atoms with E-state index in [0.29, 0.717) is 11.6 Å². The largest absolute Gasteiger partial charge is 0.353 e. The maximum Gasteiger partial charge on any atom is 0.153 e. The summed E-state index contributed by atoms with van der Waals surface area (Å²) in [5.41, 5.74) is 1.64. The Kier molecular flexibility index (Phi) is 3.88. The molecule has 0 bridgehead atoms. The maximum atomic E-state index is 11.4. The molecular weight excluding hydrogens is 262 g/mol. The first kappa shape index (κ1) is 14.0. The van der Waals surface area contributed by atoms with Gasteiger partial charge in [-0.2, -0.15) is 0 Å². The van der Waals surface area contributed by atoms with E-state index in [-0.39, 0.29) is 0 Å². The minimum atomic E-state index is 0.572. The molecule has 0 saturated carbocycles. The molecule has 110 valence electrons. The lowest BCUT2D eigenvalue weighted by molar-refractivity contribution is 0.112. The third kappa shape index (κ3) is 2.76. The standard InChI is InChI=1S/C17H21N3O/c1-13(2)19-7-9-20(10-8-19)17-15(12-21)11-14-5-3-4-6-16(14)18-17/h3-6,11-13H,7-10H2,1-2H3. The zero-order chi connectivity index (χ0) is 14.8. The molecule has 1 aliphatic heterocycles. The van der Waals surface area contributed by atoms with Crippen LogP contribution in [-0.2, 0) is 0 Å². The molecule has 4 heteroatoms. The Morgan fingerprint density at radius 1 is 1.14 bits per heavy atom. The normalized spacial score (nSPS) is 16.6. The van der Waals surface area contributed by atoms with Gasteiger partial charge >= 0.3 is 0 Å². The fourth-order valence-electron chi connectivity index (χ4n) is 2.91. The maximum absolute atomic E-state index is 11.4. The van der Waals surface area contributed by atoms with Crippen LogP contribution in [-0.4, -0.2) is 48.4 Å². The van der Waals surface area contributed by atoms with Crippen LogP contribution in [0.1, 0.15) is 24.2 Å². The van der Waals surface area contributed by atoms with E-state index in [1.54, 1.807) is 0 Å². The van der Waals surface area contributed by atoms with Crippen molar-refractivity contribution >= 4 is 23.0 Å². The first-order chi connectivity index (χ1) is 10.2. The van der Waals surface area contributed by atoms with Gasteiger partial charge in [-0.1, -0.05) is 18.2 Å². The highest BCUT2D eigenvalue weighted by Gasteiger charge is 2.21. The van der Waals surface area contributed by atoms with Crippen LogP contribution >= 0.6 is 0 Å². The molecule has 1 aliphatic rings. The molecule has 2 heterocycles. The Morgan fingerprint density at radius 3 is 2.52 bits per heavy atom. The number of pyridine rings is 1. The molecule has 1 aromatic heterocycles. The Balaban J connectivity index is 1.91. The van der Waals surface area contributed by atoms with Gasteiger partial charge in [0, 0.05) is 37.6 Å². The molecule has 0 aliphatic carbocycles. The van der Waals surface area contributed by atoms with E-state index in [2.05, 4.69) is 23.6 Å². The number of nitrogens with zero attached hydrogens (tertiary/aromatic N) is 3. The van der Waals surface area contributed by atoms with E-state index >= 15 is 0 Å². The summed E-state index contributed by atoms with van der Waals surface area (Å²) in [4.78, 5) is 20.8. The first-order valence-electron chi connectivity index (χ1n) is 7.53. The summed E-state index contributed by atoms with van der Waals surface area (Å²) in [6.45, 7) is 8.32. The number of aromatic nitrogens is 1. The molecule has 0 spiro atoms. The van der Waals surface area contributed by atoms with Gasteiger partial charge in [0.05, 0.1) is 11.1 Å². The van der Waals surface area contributed by atoms with Gasteiger partial charge in [0.2, 0.25) is 0 Å². The molecule has 21 heavy (non-hydrogen) atoms. The van der Waals surface area contributed by atoms with Gasteiger partial charge in [-0.05, 0) is 26.0 Å². The third-order valence-corrected chi connectivity index (χ3v) is 4.20. The average Bonchev–Trinajstić information content (AvgIpc) is 2.53. The fourth-order valence-corrected chi connectivity index (χ4v) is 2.91. The van der Waals surface area contributed by atoms with Crippen molar-refractivity contribution in [3.05, 3.63) is 35.9 Å². The predicted molar refractivity (Wildman–Crippen MR) is 86.1 cm³/mol. The minimum absolute atomic E-state index is 0.572. The van der Waals surface area contributed by atoms with Crippen molar-refractivity contribution in [3.63, 3.8) is 0 Å². The molecule has 1 saturated heterocycles. The summed E-state index contributed by atoms with van der Waals surface area (Å²) in [7, 11) is 0. The van der Waals surface area contributed by atoms with Crippen LogP contribution in [0.15, 0.2) is 30.3 Å². The predicted octanol–water partition coefficient (Wildman–Crippen LogP) is 2.58. The summed E-state index contributed by atoms with van der Waals surface area (Å²) >= 11 is 0. The lowest BCUT2D eigenvalue weighted by atomic mass is 10.1. The number of rotatable bonds is 3. The molecule has 2 aromatic rings. The third-order valence-electron chi connectivity index (χ3n) is 4.20. The van der Waals surface area contributed by atoms with Crippen molar-refractivity contribution < 1.29 is 4.79 Å². The molecule has 0 unspecified atom stereocenters. The van der Waals surface area contributed by atoms with E-state index < -0.39 is 0 Å². The number of benzene rings is 1.